The molecule has 1 atom stereocenters. The zero-order chi connectivity index (χ0) is 19.1. The van der Waals surface area contributed by atoms with Crippen LogP contribution in [0.4, 0.5) is 5.82 Å². The molecule has 1 aliphatic carbocycles. The molecule has 0 bridgehead atoms. The van der Waals surface area contributed by atoms with Crippen molar-refractivity contribution >= 4 is 17.6 Å². The van der Waals surface area contributed by atoms with Crippen molar-refractivity contribution in [2.45, 2.75) is 64.0 Å². The highest BCUT2D eigenvalue weighted by atomic mass is 16.2. The van der Waals surface area contributed by atoms with Crippen LogP contribution in [-0.2, 0) is 9.59 Å². The highest BCUT2D eigenvalue weighted by molar-refractivity contribution is 5.92. The molecule has 144 valence electrons. The first-order chi connectivity index (χ1) is 13.1. The van der Waals surface area contributed by atoms with Gasteiger partial charge in [0.1, 0.15) is 5.82 Å². The summed E-state index contributed by atoms with van der Waals surface area (Å²) in [6.07, 6.45) is 7.93. The van der Waals surface area contributed by atoms with E-state index in [1.54, 1.807) is 6.20 Å². The van der Waals surface area contributed by atoms with Crippen molar-refractivity contribution < 1.29 is 9.59 Å². The van der Waals surface area contributed by atoms with E-state index in [1.165, 1.54) is 19.3 Å². The number of hydrogen-bond donors (Lipinski definition) is 2. The van der Waals surface area contributed by atoms with Gasteiger partial charge in [-0.05, 0) is 25.3 Å². The van der Waals surface area contributed by atoms with E-state index in [4.69, 9.17) is 0 Å². The molecular weight excluding hydrogens is 340 g/mol. The third-order valence-electron chi connectivity index (χ3n) is 5.11. The molecular formula is C21H28N4O2. The molecule has 0 aliphatic heterocycles. The number of nitrogens with one attached hydrogen (secondary N) is 2. The largest absolute Gasteiger partial charge is 0.350 e. The first kappa shape index (κ1) is 19.1. The average Bonchev–Trinajstić information content (AvgIpc) is 3.16. The maximum Gasteiger partial charge on any atom is 0.226 e. The predicted octanol–water partition coefficient (Wildman–Crippen LogP) is 3.98. The number of carbonyl (C=O) groups is 2. The van der Waals surface area contributed by atoms with Crippen LogP contribution in [0, 0.1) is 0 Å². The molecule has 2 aromatic rings. The maximum atomic E-state index is 12.3. The summed E-state index contributed by atoms with van der Waals surface area (Å²) >= 11 is 0. The fraction of sp³-hybridized carbons (Fsp3) is 0.476. The molecule has 1 aromatic heterocycles. The minimum atomic E-state index is -0.157. The first-order valence-corrected chi connectivity index (χ1v) is 9.81. The molecule has 0 saturated heterocycles. The van der Waals surface area contributed by atoms with Gasteiger partial charge >= 0.3 is 0 Å². The monoisotopic (exact) mass is 368 g/mol. The smallest absolute Gasteiger partial charge is 0.226 e. The van der Waals surface area contributed by atoms with Gasteiger partial charge in [-0.25, -0.2) is 4.68 Å². The van der Waals surface area contributed by atoms with E-state index in [9.17, 15) is 9.59 Å². The lowest BCUT2D eigenvalue weighted by Crippen LogP contribution is -2.28. The van der Waals surface area contributed by atoms with Crippen LogP contribution in [0.3, 0.4) is 0 Å². The lowest BCUT2D eigenvalue weighted by atomic mass is 9.96. The summed E-state index contributed by atoms with van der Waals surface area (Å²) in [5.74, 6) is 0.447. The number of carbonyl (C=O) groups excluding carboxylic acids is 2. The summed E-state index contributed by atoms with van der Waals surface area (Å²) in [7, 11) is 0. The number of amides is 2. The molecule has 1 heterocycles. The molecule has 0 radical (unpaired) electrons. The third kappa shape index (κ3) is 5.42. The van der Waals surface area contributed by atoms with Gasteiger partial charge in [-0.1, -0.05) is 49.6 Å². The van der Waals surface area contributed by atoms with Gasteiger partial charge in [0.25, 0.3) is 0 Å². The summed E-state index contributed by atoms with van der Waals surface area (Å²) in [5.41, 5.74) is 1.05. The quantitative estimate of drug-likeness (QED) is 0.776. The molecule has 1 saturated carbocycles. The number of rotatable bonds is 7. The summed E-state index contributed by atoms with van der Waals surface area (Å²) in [4.78, 5) is 24.4. The van der Waals surface area contributed by atoms with Gasteiger partial charge in [0.15, 0.2) is 0 Å². The molecule has 1 aliphatic rings. The summed E-state index contributed by atoms with van der Waals surface area (Å²) in [6, 6.07) is 11.9. The van der Waals surface area contributed by atoms with Crippen LogP contribution in [0.15, 0.2) is 42.6 Å². The van der Waals surface area contributed by atoms with E-state index in [0.717, 1.165) is 24.2 Å². The molecule has 6 heteroatoms. The number of aromatic nitrogens is 2. The van der Waals surface area contributed by atoms with E-state index in [-0.39, 0.29) is 30.7 Å². The number of nitrogens with zero attached hydrogens (tertiary/aromatic N) is 2. The Kier molecular flexibility index (Phi) is 6.63. The Morgan fingerprint density at radius 2 is 1.78 bits per heavy atom. The van der Waals surface area contributed by atoms with E-state index in [1.807, 2.05) is 48.0 Å². The van der Waals surface area contributed by atoms with Crippen molar-refractivity contribution in [3.63, 3.8) is 0 Å². The lowest BCUT2D eigenvalue weighted by molar-refractivity contribution is -0.124. The molecule has 3 rings (SSSR count). The Labute approximate surface area is 160 Å². The fourth-order valence-electron chi connectivity index (χ4n) is 3.60. The number of hydrogen-bond acceptors (Lipinski definition) is 3. The SMILES string of the molecule is C[C@H](NC(=O)CCC(=O)Nc1ccnn1C1CCCCC1)c1ccccc1. The average molecular weight is 368 g/mol. The Morgan fingerprint density at radius 1 is 1.07 bits per heavy atom. The van der Waals surface area contributed by atoms with Crippen molar-refractivity contribution in [3.8, 4) is 0 Å². The Bertz CT molecular complexity index is 751. The molecule has 2 amide bonds. The molecule has 0 spiro atoms. The van der Waals surface area contributed by atoms with Crippen molar-refractivity contribution in [1.82, 2.24) is 15.1 Å². The third-order valence-corrected chi connectivity index (χ3v) is 5.11. The van der Waals surface area contributed by atoms with Gasteiger partial charge in [-0.15, -0.1) is 0 Å². The van der Waals surface area contributed by atoms with E-state index < -0.39 is 0 Å². The second kappa shape index (κ2) is 9.35. The van der Waals surface area contributed by atoms with E-state index in [2.05, 4.69) is 15.7 Å². The highest BCUT2D eigenvalue weighted by Gasteiger charge is 2.19. The zero-order valence-electron chi connectivity index (χ0n) is 15.9. The highest BCUT2D eigenvalue weighted by Crippen LogP contribution is 2.29. The minimum Gasteiger partial charge on any atom is -0.350 e. The zero-order valence-corrected chi connectivity index (χ0v) is 15.9. The minimum absolute atomic E-state index is 0.0745. The van der Waals surface area contributed by atoms with Crippen LogP contribution in [0.2, 0.25) is 0 Å². The first-order valence-electron chi connectivity index (χ1n) is 9.81. The molecule has 1 aromatic carbocycles. The second-order valence-corrected chi connectivity index (χ2v) is 7.20. The van der Waals surface area contributed by atoms with E-state index >= 15 is 0 Å². The predicted molar refractivity (Wildman–Crippen MR) is 105 cm³/mol. The molecule has 2 N–H and O–H groups in total. The van der Waals surface area contributed by atoms with Crippen molar-refractivity contribution in [2.24, 2.45) is 0 Å². The van der Waals surface area contributed by atoms with Gasteiger partial charge in [0, 0.05) is 18.9 Å². The van der Waals surface area contributed by atoms with Crippen molar-refractivity contribution in [3.05, 3.63) is 48.2 Å². The summed E-state index contributed by atoms with van der Waals surface area (Å²) in [6.45, 7) is 1.94. The van der Waals surface area contributed by atoms with Gasteiger partial charge in [-0.3, -0.25) is 9.59 Å². The molecule has 0 unspecified atom stereocenters. The van der Waals surface area contributed by atoms with Crippen LogP contribution in [-0.4, -0.2) is 21.6 Å². The van der Waals surface area contributed by atoms with Crippen LogP contribution >= 0.6 is 0 Å². The van der Waals surface area contributed by atoms with Gasteiger partial charge < -0.3 is 10.6 Å². The molecule has 27 heavy (non-hydrogen) atoms. The maximum absolute atomic E-state index is 12.3. The number of anilines is 1. The number of benzene rings is 1. The van der Waals surface area contributed by atoms with Gasteiger partial charge in [0.05, 0.1) is 18.3 Å². The van der Waals surface area contributed by atoms with Crippen molar-refractivity contribution in [1.29, 1.82) is 0 Å². The van der Waals surface area contributed by atoms with Crippen molar-refractivity contribution in [2.75, 3.05) is 5.32 Å². The lowest BCUT2D eigenvalue weighted by Gasteiger charge is -2.23. The summed E-state index contributed by atoms with van der Waals surface area (Å²) in [5, 5.41) is 10.2. The molecule has 1 fully saturated rings. The fourth-order valence-corrected chi connectivity index (χ4v) is 3.60. The van der Waals surface area contributed by atoms with Gasteiger partial charge in [-0.2, -0.15) is 5.10 Å². The normalized spacial score (nSPS) is 15.9. The standard InChI is InChI=1S/C21H28N4O2/c1-16(17-8-4-2-5-9-17)23-20(26)12-13-21(27)24-19-14-15-22-25(19)18-10-6-3-7-11-18/h2,4-5,8-9,14-16,18H,3,6-7,10-13H2,1H3,(H,23,26)(H,24,27)/t16-/m0/s1. The molecule has 6 nitrogen and oxygen atoms in total. The Morgan fingerprint density at radius 3 is 2.52 bits per heavy atom. The Hall–Kier alpha value is -2.63. The van der Waals surface area contributed by atoms with Gasteiger partial charge in [0.2, 0.25) is 11.8 Å². The van der Waals surface area contributed by atoms with Crippen LogP contribution in [0.5, 0.6) is 0 Å². The summed E-state index contributed by atoms with van der Waals surface area (Å²) < 4.78 is 1.93. The van der Waals surface area contributed by atoms with E-state index in [0.29, 0.717) is 6.04 Å². The van der Waals surface area contributed by atoms with Crippen LogP contribution in [0.1, 0.15) is 69.5 Å². The van der Waals surface area contributed by atoms with Crippen LogP contribution < -0.4 is 10.6 Å². The topological polar surface area (TPSA) is 76.0 Å². The Balaban J connectivity index is 1.46. The van der Waals surface area contributed by atoms with Crippen LogP contribution in [0.25, 0.3) is 0 Å². The second-order valence-electron chi connectivity index (χ2n) is 7.20.